The second kappa shape index (κ2) is 5.21. The van der Waals surface area contributed by atoms with Crippen LogP contribution in [0.25, 0.3) is 11.0 Å². The molecule has 1 amide bonds. The number of halogens is 1. The Morgan fingerprint density at radius 1 is 1.37 bits per heavy atom. The molecule has 1 aromatic heterocycles. The first-order chi connectivity index (χ1) is 9.27. The Balaban J connectivity index is 1.94. The molecule has 1 N–H and O–H groups in total. The predicted octanol–water partition coefficient (Wildman–Crippen LogP) is 2.28. The Hall–Kier alpha value is -1.56. The van der Waals surface area contributed by atoms with Gasteiger partial charge in [0.15, 0.2) is 5.82 Å². The van der Waals surface area contributed by atoms with Gasteiger partial charge in [-0.25, -0.2) is 9.37 Å². The molecule has 0 radical (unpaired) electrons. The maximum absolute atomic E-state index is 14.3. The Bertz CT molecular complexity index is 605. The van der Waals surface area contributed by atoms with Gasteiger partial charge in [0.25, 0.3) is 5.91 Å². The van der Waals surface area contributed by atoms with Crippen molar-refractivity contribution >= 4 is 28.7 Å². The van der Waals surface area contributed by atoms with E-state index in [0.717, 1.165) is 17.9 Å². The molecule has 0 unspecified atom stereocenters. The van der Waals surface area contributed by atoms with Crippen molar-refractivity contribution in [2.24, 2.45) is 0 Å². The van der Waals surface area contributed by atoms with Crippen molar-refractivity contribution in [3.8, 4) is 0 Å². The third-order valence-electron chi connectivity index (χ3n) is 3.27. The molecule has 0 atom stereocenters. The van der Waals surface area contributed by atoms with Crippen molar-refractivity contribution in [1.82, 2.24) is 14.9 Å². The summed E-state index contributed by atoms with van der Waals surface area (Å²) in [5, 5.41) is 0. The van der Waals surface area contributed by atoms with E-state index in [-0.39, 0.29) is 17.0 Å². The van der Waals surface area contributed by atoms with Gasteiger partial charge in [0.2, 0.25) is 0 Å². The van der Waals surface area contributed by atoms with Gasteiger partial charge in [0.1, 0.15) is 5.52 Å². The molecule has 1 saturated heterocycles. The second-order valence-corrected chi connectivity index (χ2v) is 5.71. The van der Waals surface area contributed by atoms with Crippen LogP contribution in [0, 0.1) is 5.82 Å². The summed E-state index contributed by atoms with van der Waals surface area (Å²) in [6.45, 7) is 1.38. The van der Waals surface area contributed by atoms with Crippen LogP contribution >= 0.6 is 11.8 Å². The number of benzene rings is 1. The third-order valence-corrected chi connectivity index (χ3v) is 4.32. The van der Waals surface area contributed by atoms with E-state index < -0.39 is 5.82 Å². The van der Waals surface area contributed by atoms with Gasteiger partial charge in [0, 0.05) is 18.8 Å². The monoisotopic (exact) mass is 279 g/mol. The highest BCUT2D eigenvalue weighted by molar-refractivity contribution is 7.99. The highest BCUT2D eigenvalue weighted by atomic mass is 32.2. The quantitative estimate of drug-likeness (QED) is 0.871. The minimum absolute atomic E-state index is 0.117. The molecule has 1 aliphatic rings. The fourth-order valence-electron chi connectivity index (χ4n) is 2.26. The Morgan fingerprint density at radius 2 is 2.26 bits per heavy atom. The summed E-state index contributed by atoms with van der Waals surface area (Å²) >= 11 is 1.84. The zero-order valence-corrected chi connectivity index (χ0v) is 11.2. The van der Waals surface area contributed by atoms with Crippen LogP contribution in [0.15, 0.2) is 18.5 Å². The van der Waals surface area contributed by atoms with Crippen LogP contribution in [0.4, 0.5) is 4.39 Å². The van der Waals surface area contributed by atoms with Gasteiger partial charge in [-0.15, -0.1) is 0 Å². The van der Waals surface area contributed by atoms with E-state index in [1.807, 2.05) is 11.8 Å². The SMILES string of the molecule is O=C(c1ccc2[nH]cnc2c1F)N1CCCSCC1. The van der Waals surface area contributed by atoms with E-state index in [4.69, 9.17) is 0 Å². The first-order valence-electron chi connectivity index (χ1n) is 6.26. The maximum atomic E-state index is 14.3. The van der Waals surface area contributed by atoms with Crippen LogP contribution in [0.2, 0.25) is 0 Å². The molecule has 4 nitrogen and oxygen atoms in total. The number of aromatic amines is 1. The summed E-state index contributed by atoms with van der Waals surface area (Å²) < 4.78 is 14.3. The van der Waals surface area contributed by atoms with Gasteiger partial charge < -0.3 is 9.88 Å². The minimum atomic E-state index is -0.527. The second-order valence-electron chi connectivity index (χ2n) is 4.48. The van der Waals surface area contributed by atoms with Gasteiger partial charge in [-0.05, 0) is 24.3 Å². The molecule has 19 heavy (non-hydrogen) atoms. The van der Waals surface area contributed by atoms with Crippen LogP contribution < -0.4 is 0 Å². The van der Waals surface area contributed by atoms with Crippen LogP contribution in [-0.4, -0.2) is 45.4 Å². The summed E-state index contributed by atoms with van der Waals surface area (Å²) in [4.78, 5) is 20.9. The molecule has 1 aromatic carbocycles. The number of thioether (sulfide) groups is 1. The number of hydrogen-bond donors (Lipinski definition) is 1. The van der Waals surface area contributed by atoms with E-state index in [1.54, 1.807) is 11.0 Å². The molecule has 3 rings (SSSR count). The lowest BCUT2D eigenvalue weighted by Crippen LogP contribution is -2.33. The largest absolute Gasteiger partial charge is 0.345 e. The van der Waals surface area contributed by atoms with Crippen LogP contribution in [-0.2, 0) is 0 Å². The Morgan fingerprint density at radius 3 is 3.16 bits per heavy atom. The smallest absolute Gasteiger partial charge is 0.256 e. The zero-order valence-electron chi connectivity index (χ0n) is 10.4. The highest BCUT2D eigenvalue weighted by Crippen LogP contribution is 2.20. The van der Waals surface area contributed by atoms with Crippen molar-refractivity contribution in [2.45, 2.75) is 6.42 Å². The molecule has 1 aliphatic heterocycles. The molecular weight excluding hydrogens is 265 g/mol. The maximum Gasteiger partial charge on any atom is 0.256 e. The molecule has 0 aliphatic carbocycles. The predicted molar refractivity (Wildman–Crippen MR) is 73.9 cm³/mol. The number of carbonyl (C=O) groups is 1. The first kappa shape index (κ1) is 12.5. The van der Waals surface area contributed by atoms with Gasteiger partial charge in [0.05, 0.1) is 17.4 Å². The molecule has 100 valence electrons. The number of fused-ring (bicyclic) bond motifs is 1. The number of nitrogens with one attached hydrogen (secondary N) is 1. The van der Waals surface area contributed by atoms with Crippen molar-refractivity contribution < 1.29 is 9.18 Å². The number of aromatic nitrogens is 2. The summed E-state index contributed by atoms with van der Waals surface area (Å²) in [5.74, 6) is 1.22. The number of H-pyrrole nitrogens is 1. The lowest BCUT2D eigenvalue weighted by Gasteiger charge is -2.20. The molecule has 2 aromatic rings. The molecule has 1 fully saturated rings. The Kier molecular flexibility index (Phi) is 3.42. The standard InChI is InChI=1S/C13H14FN3OS/c14-11-9(2-3-10-12(11)16-8-15-10)13(18)17-4-1-6-19-7-5-17/h2-3,8H,1,4-7H2,(H,15,16). The lowest BCUT2D eigenvalue weighted by atomic mass is 10.1. The molecule has 0 spiro atoms. The Labute approximate surface area is 114 Å². The van der Waals surface area contributed by atoms with Gasteiger partial charge in [-0.3, -0.25) is 4.79 Å². The molecule has 0 saturated carbocycles. The van der Waals surface area contributed by atoms with Gasteiger partial charge in [-0.1, -0.05) is 0 Å². The number of imidazole rings is 1. The average molecular weight is 279 g/mol. The van der Waals surface area contributed by atoms with E-state index >= 15 is 0 Å². The van der Waals surface area contributed by atoms with E-state index in [9.17, 15) is 9.18 Å². The lowest BCUT2D eigenvalue weighted by molar-refractivity contribution is 0.0764. The highest BCUT2D eigenvalue weighted by Gasteiger charge is 2.22. The molecule has 0 bridgehead atoms. The van der Waals surface area contributed by atoms with Crippen LogP contribution in [0.5, 0.6) is 0 Å². The fraction of sp³-hybridized carbons (Fsp3) is 0.385. The van der Waals surface area contributed by atoms with E-state index in [2.05, 4.69) is 9.97 Å². The minimum Gasteiger partial charge on any atom is -0.345 e. The first-order valence-corrected chi connectivity index (χ1v) is 7.41. The summed E-state index contributed by atoms with van der Waals surface area (Å²) in [6, 6.07) is 3.24. The van der Waals surface area contributed by atoms with E-state index in [0.29, 0.717) is 18.6 Å². The summed E-state index contributed by atoms with van der Waals surface area (Å²) in [5.41, 5.74) is 0.960. The zero-order chi connectivity index (χ0) is 13.2. The molecule has 2 heterocycles. The number of rotatable bonds is 1. The molecular formula is C13H14FN3OS. The summed E-state index contributed by atoms with van der Waals surface area (Å²) in [7, 11) is 0. The average Bonchev–Trinajstić information content (AvgIpc) is 2.73. The third kappa shape index (κ3) is 2.32. The number of hydrogen-bond acceptors (Lipinski definition) is 3. The van der Waals surface area contributed by atoms with Crippen molar-refractivity contribution in [2.75, 3.05) is 24.6 Å². The fourth-order valence-corrected chi connectivity index (χ4v) is 3.15. The molecule has 6 heteroatoms. The van der Waals surface area contributed by atoms with Crippen molar-refractivity contribution in [1.29, 1.82) is 0 Å². The van der Waals surface area contributed by atoms with Crippen LogP contribution in [0.1, 0.15) is 16.8 Å². The number of nitrogens with zero attached hydrogens (tertiary/aromatic N) is 2. The van der Waals surface area contributed by atoms with Crippen molar-refractivity contribution in [3.63, 3.8) is 0 Å². The normalized spacial score (nSPS) is 16.6. The summed E-state index contributed by atoms with van der Waals surface area (Å²) in [6.07, 6.45) is 2.40. The number of carbonyl (C=O) groups excluding carboxylic acids is 1. The van der Waals surface area contributed by atoms with Gasteiger partial charge in [-0.2, -0.15) is 11.8 Å². The number of amides is 1. The van der Waals surface area contributed by atoms with Crippen molar-refractivity contribution in [3.05, 3.63) is 29.8 Å². The van der Waals surface area contributed by atoms with E-state index in [1.165, 1.54) is 12.4 Å². The van der Waals surface area contributed by atoms with Crippen LogP contribution in [0.3, 0.4) is 0 Å². The van der Waals surface area contributed by atoms with Gasteiger partial charge >= 0.3 is 0 Å². The topological polar surface area (TPSA) is 49.0 Å².